The van der Waals surface area contributed by atoms with Crippen LogP contribution < -0.4 is 4.90 Å². The van der Waals surface area contributed by atoms with Gasteiger partial charge < -0.3 is 14.5 Å². The molecule has 0 spiro atoms. The van der Waals surface area contributed by atoms with E-state index >= 15 is 0 Å². The number of carbonyl (C=O) groups is 2. The standard InChI is InChI=1S/C22H25FN2O3/c1-2-18(17-8-4-3-5-9-17)22(27)28-16-21(26)25-14-12-24(13-15-25)20-11-7-6-10-19(20)23/h3-11,18H,2,12-16H2,1H3. The molecule has 1 aliphatic heterocycles. The highest BCUT2D eigenvalue weighted by Gasteiger charge is 2.25. The SMILES string of the molecule is CCC(C(=O)OCC(=O)N1CCN(c2ccccc2F)CC1)c1ccccc1. The minimum atomic E-state index is -0.382. The first-order valence-corrected chi connectivity index (χ1v) is 9.59. The number of para-hydroxylation sites is 1. The third-order valence-electron chi connectivity index (χ3n) is 5.06. The summed E-state index contributed by atoms with van der Waals surface area (Å²) in [5.74, 6) is -1.23. The molecule has 1 fully saturated rings. The second kappa shape index (κ2) is 9.35. The number of anilines is 1. The molecular formula is C22H25FN2O3. The quantitative estimate of drug-likeness (QED) is 0.718. The summed E-state index contributed by atoms with van der Waals surface area (Å²) in [7, 11) is 0. The average molecular weight is 384 g/mol. The first kappa shape index (κ1) is 19.9. The van der Waals surface area contributed by atoms with Crippen molar-refractivity contribution in [1.29, 1.82) is 0 Å². The lowest BCUT2D eigenvalue weighted by atomic mass is 9.97. The van der Waals surface area contributed by atoms with Crippen LogP contribution in [0, 0.1) is 5.82 Å². The number of halogens is 1. The van der Waals surface area contributed by atoms with E-state index in [0.717, 1.165) is 5.56 Å². The highest BCUT2D eigenvalue weighted by molar-refractivity contribution is 5.83. The second-order valence-electron chi connectivity index (χ2n) is 6.80. The monoisotopic (exact) mass is 384 g/mol. The number of nitrogens with zero attached hydrogens (tertiary/aromatic N) is 2. The van der Waals surface area contributed by atoms with Crippen molar-refractivity contribution >= 4 is 17.6 Å². The molecule has 0 aromatic heterocycles. The molecule has 28 heavy (non-hydrogen) atoms. The van der Waals surface area contributed by atoms with Crippen LogP contribution in [0.2, 0.25) is 0 Å². The third-order valence-corrected chi connectivity index (χ3v) is 5.06. The Hall–Kier alpha value is -2.89. The maximum Gasteiger partial charge on any atom is 0.313 e. The fourth-order valence-corrected chi connectivity index (χ4v) is 3.45. The first-order chi connectivity index (χ1) is 13.6. The molecule has 1 atom stereocenters. The maximum atomic E-state index is 13.9. The van der Waals surface area contributed by atoms with Gasteiger partial charge in [0.05, 0.1) is 11.6 Å². The molecule has 0 bridgehead atoms. The van der Waals surface area contributed by atoms with Crippen molar-refractivity contribution < 1.29 is 18.7 Å². The Morgan fingerprint density at radius 3 is 2.29 bits per heavy atom. The van der Waals surface area contributed by atoms with Gasteiger partial charge in [-0.2, -0.15) is 0 Å². The van der Waals surface area contributed by atoms with Gasteiger partial charge >= 0.3 is 5.97 Å². The molecule has 0 aliphatic carbocycles. The van der Waals surface area contributed by atoms with Crippen LogP contribution in [-0.2, 0) is 14.3 Å². The van der Waals surface area contributed by atoms with Gasteiger partial charge in [0.15, 0.2) is 6.61 Å². The van der Waals surface area contributed by atoms with Gasteiger partial charge in [-0.25, -0.2) is 4.39 Å². The zero-order chi connectivity index (χ0) is 19.9. The number of hydrogen-bond donors (Lipinski definition) is 0. The lowest BCUT2D eigenvalue weighted by Gasteiger charge is -2.36. The number of amides is 1. The number of benzene rings is 2. The van der Waals surface area contributed by atoms with Crippen molar-refractivity contribution in [3.05, 3.63) is 66.0 Å². The van der Waals surface area contributed by atoms with Crippen LogP contribution in [0.3, 0.4) is 0 Å². The topological polar surface area (TPSA) is 49.9 Å². The lowest BCUT2D eigenvalue weighted by molar-refractivity contribution is -0.153. The van der Waals surface area contributed by atoms with E-state index in [2.05, 4.69) is 0 Å². The van der Waals surface area contributed by atoms with Crippen LogP contribution in [0.1, 0.15) is 24.8 Å². The van der Waals surface area contributed by atoms with E-state index in [9.17, 15) is 14.0 Å². The van der Waals surface area contributed by atoms with Crippen molar-refractivity contribution in [2.24, 2.45) is 0 Å². The Kier molecular flexibility index (Phi) is 6.63. The van der Waals surface area contributed by atoms with E-state index in [1.807, 2.05) is 42.2 Å². The number of piperazine rings is 1. The van der Waals surface area contributed by atoms with Crippen LogP contribution >= 0.6 is 0 Å². The van der Waals surface area contributed by atoms with Crippen molar-refractivity contribution in [3.8, 4) is 0 Å². The summed E-state index contributed by atoms with van der Waals surface area (Å²) in [4.78, 5) is 28.4. The van der Waals surface area contributed by atoms with Gasteiger partial charge in [0.2, 0.25) is 0 Å². The Morgan fingerprint density at radius 2 is 1.64 bits per heavy atom. The summed E-state index contributed by atoms with van der Waals surface area (Å²) in [6.45, 7) is 3.69. The maximum absolute atomic E-state index is 13.9. The molecule has 1 amide bonds. The van der Waals surface area contributed by atoms with Crippen LogP contribution in [0.4, 0.5) is 10.1 Å². The van der Waals surface area contributed by atoms with E-state index in [4.69, 9.17) is 4.74 Å². The van der Waals surface area contributed by atoms with Crippen molar-refractivity contribution in [2.45, 2.75) is 19.3 Å². The van der Waals surface area contributed by atoms with Gasteiger partial charge in [-0.1, -0.05) is 49.4 Å². The van der Waals surface area contributed by atoms with E-state index in [1.54, 1.807) is 23.1 Å². The van der Waals surface area contributed by atoms with Crippen molar-refractivity contribution in [3.63, 3.8) is 0 Å². The summed E-state index contributed by atoms with van der Waals surface area (Å²) < 4.78 is 19.2. The molecule has 6 heteroatoms. The van der Waals surface area contributed by atoms with E-state index < -0.39 is 0 Å². The Balaban J connectivity index is 1.49. The summed E-state index contributed by atoms with van der Waals surface area (Å²) in [5, 5.41) is 0. The summed E-state index contributed by atoms with van der Waals surface area (Å²) in [6.07, 6.45) is 0.609. The minimum Gasteiger partial charge on any atom is -0.455 e. The molecule has 1 saturated heterocycles. The molecular weight excluding hydrogens is 359 g/mol. The van der Waals surface area contributed by atoms with Gasteiger partial charge in [0, 0.05) is 26.2 Å². The number of ether oxygens (including phenoxy) is 1. The second-order valence-corrected chi connectivity index (χ2v) is 6.80. The van der Waals surface area contributed by atoms with Gasteiger partial charge in [-0.3, -0.25) is 9.59 Å². The molecule has 2 aromatic rings. The van der Waals surface area contributed by atoms with Crippen molar-refractivity contribution in [2.75, 3.05) is 37.7 Å². The molecule has 3 rings (SSSR count). The normalized spacial score (nSPS) is 15.2. The average Bonchev–Trinajstić information content (AvgIpc) is 2.74. The molecule has 1 unspecified atom stereocenters. The summed E-state index contributed by atoms with van der Waals surface area (Å²) >= 11 is 0. The van der Waals surface area contributed by atoms with Gasteiger partial charge in [0.1, 0.15) is 5.82 Å². The van der Waals surface area contributed by atoms with Gasteiger partial charge in [-0.15, -0.1) is 0 Å². The van der Waals surface area contributed by atoms with Gasteiger partial charge in [-0.05, 0) is 24.1 Å². The fraction of sp³-hybridized carbons (Fsp3) is 0.364. The lowest BCUT2D eigenvalue weighted by Crippen LogP contribution is -2.50. The Morgan fingerprint density at radius 1 is 1.00 bits per heavy atom. The highest BCUT2D eigenvalue weighted by atomic mass is 19.1. The number of hydrogen-bond acceptors (Lipinski definition) is 4. The largest absolute Gasteiger partial charge is 0.455 e. The molecule has 0 radical (unpaired) electrons. The molecule has 0 N–H and O–H groups in total. The minimum absolute atomic E-state index is 0.218. The van der Waals surface area contributed by atoms with Gasteiger partial charge in [0.25, 0.3) is 5.91 Å². The van der Waals surface area contributed by atoms with E-state index in [0.29, 0.717) is 38.3 Å². The van der Waals surface area contributed by atoms with E-state index in [-0.39, 0.29) is 30.2 Å². The molecule has 0 saturated carbocycles. The van der Waals surface area contributed by atoms with Crippen LogP contribution in [0.5, 0.6) is 0 Å². The van der Waals surface area contributed by atoms with E-state index in [1.165, 1.54) is 6.07 Å². The Labute approximate surface area is 164 Å². The van der Waals surface area contributed by atoms with Crippen LogP contribution in [0.15, 0.2) is 54.6 Å². The predicted molar refractivity (Wildman–Crippen MR) is 106 cm³/mol. The van der Waals surface area contributed by atoms with Crippen molar-refractivity contribution in [1.82, 2.24) is 4.90 Å². The molecule has 148 valence electrons. The number of esters is 1. The zero-order valence-corrected chi connectivity index (χ0v) is 16.0. The highest BCUT2D eigenvalue weighted by Crippen LogP contribution is 2.22. The number of rotatable bonds is 6. The third kappa shape index (κ3) is 4.68. The number of carbonyl (C=O) groups excluding carboxylic acids is 2. The molecule has 1 aliphatic rings. The summed E-state index contributed by atoms with van der Waals surface area (Å²) in [6, 6.07) is 16.1. The molecule has 2 aromatic carbocycles. The smallest absolute Gasteiger partial charge is 0.313 e. The first-order valence-electron chi connectivity index (χ1n) is 9.59. The zero-order valence-electron chi connectivity index (χ0n) is 16.0. The molecule has 5 nitrogen and oxygen atoms in total. The summed E-state index contributed by atoms with van der Waals surface area (Å²) in [5.41, 5.74) is 1.44. The molecule has 1 heterocycles. The predicted octanol–water partition coefficient (Wildman–Crippen LogP) is 3.21. The Bertz CT molecular complexity index is 804. The fourth-order valence-electron chi connectivity index (χ4n) is 3.45. The van der Waals surface area contributed by atoms with Crippen LogP contribution in [-0.4, -0.2) is 49.6 Å². The van der Waals surface area contributed by atoms with Crippen LogP contribution in [0.25, 0.3) is 0 Å².